The number of carbonyl (C=O) groups is 2. The summed E-state index contributed by atoms with van der Waals surface area (Å²) in [5.74, 6) is 0.407. The van der Waals surface area contributed by atoms with Gasteiger partial charge in [0.15, 0.2) is 5.82 Å². The molecule has 24 heavy (non-hydrogen) atoms. The highest BCUT2D eigenvalue weighted by Gasteiger charge is 2.34. The molecular formula is C17H17N3O4. The minimum absolute atomic E-state index is 0.254. The number of nitrogens with zero attached hydrogens (tertiary/aromatic N) is 3. The van der Waals surface area contributed by atoms with Gasteiger partial charge in [-0.05, 0) is 49.9 Å². The minimum atomic E-state index is -0.948. The molecule has 1 aliphatic carbocycles. The lowest BCUT2D eigenvalue weighted by Gasteiger charge is -2.21. The lowest BCUT2D eigenvalue weighted by atomic mass is 10.1. The van der Waals surface area contributed by atoms with E-state index < -0.39 is 12.0 Å². The van der Waals surface area contributed by atoms with Gasteiger partial charge >= 0.3 is 5.97 Å². The smallest absolute Gasteiger partial charge is 0.326 e. The maximum atomic E-state index is 12.5. The van der Waals surface area contributed by atoms with E-state index in [1.54, 1.807) is 24.3 Å². The number of hydrogen-bond acceptors (Lipinski definition) is 5. The summed E-state index contributed by atoms with van der Waals surface area (Å²) in [6.45, 7) is 0.478. The van der Waals surface area contributed by atoms with Gasteiger partial charge in [0.1, 0.15) is 6.04 Å². The summed E-state index contributed by atoms with van der Waals surface area (Å²) in [4.78, 5) is 29.6. The van der Waals surface area contributed by atoms with Crippen molar-refractivity contribution in [2.75, 3.05) is 6.54 Å². The van der Waals surface area contributed by atoms with Gasteiger partial charge in [-0.15, -0.1) is 0 Å². The number of carbonyl (C=O) groups excluding carboxylic acids is 1. The van der Waals surface area contributed by atoms with E-state index in [1.807, 2.05) is 0 Å². The van der Waals surface area contributed by atoms with Gasteiger partial charge in [0.25, 0.3) is 11.8 Å². The summed E-state index contributed by atoms with van der Waals surface area (Å²) in [6.07, 6.45) is 3.43. The van der Waals surface area contributed by atoms with Crippen molar-refractivity contribution in [2.45, 2.75) is 37.6 Å². The Labute approximate surface area is 138 Å². The van der Waals surface area contributed by atoms with Crippen molar-refractivity contribution in [1.82, 2.24) is 15.0 Å². The van der Waals surface area contributed by atoms with E-state index in [1.165, 1.54) is 4.90 Å². The molecule has 7 heteroatoms. The van der Waals surface area contributed by atoms with Crippen molar-refractivity contribution in [3.63, 3.8) is 0 Å². The quantitative estimate of drug-likeness (QED) is 0.925. The third-order valence-electron chi connectivity index (χ3n) is 4.56. The molecule has 1 atom stereocenters. The highest BCUT2D eigenvalue weighted by Crippen LogP contribution is 2.38. The van der Waals surface area contributed by atoms with Crippen LogP contribution in [0.2, 0.25) is 0 Å². The summed E-state index contributed by atoms with van der Waals surface area (Å²) in [6, 6.07) is 6.13. The van der Waals surface area contributed by atoms with Gasteiger partial charge in [-0.3, -0.25) is 4.79 Å². The van der Waals surface area contributed by atoms with Crippen LogP contribution in [-0.4, -0.2) is 44.6 Å². The number of aliphatic carboxylic acids is 1. The van der Waals surface area contributed by atoms with Crippen molar-refractivity contribution >= 4 is 11.9 Å². The van der Waals surface area contributed by atoms with Gasteiger partial charge in [0, 0.05) is 23.6 Å². The molecule has 0 spiro atoms. The number of rotatable bonds is 4. The molecule has 1 saturated carbocycles. The van der Waals surface area contributed by atoms with Crippen molar-refractivity contribution in [1.29, 1.82) is 0 Å². The molecule has 2 aliphatic rings. The highest BCUT2D eigenvalue weighted by molar-refractivity contribution is 5.97. The molecule has 2 fully saturated rings. The van der Waals surface area contributed by atoms with Gasteiger partial charge in [0.2, 0.25) is 0 Å². The Kier molecular flexibility index (Phi) is 3.55. The topological polar surface area (TPSA) is 96.5 Å². The number of benzene rings is 1. The van der Waals surface area contributed by atoms with Gasteiger partial charge in [0.05, 0.1) is 0 Å². The first kappa shape index (κ1) is 14.9. The maximum absolute atomic E-state index is 12.5. The largest absolute Gasteiger partial charge is 0.480 e. The van der Waals surface area contributed by atoms with E-state index in [4.69, 9.17) is 4.52 Å². The van der Waals surface area contributed by atoms with E-state index in [9.17, 15) is 14.7 Å². The molecule has 2 aromatic rings. The number of likely N-dealkylation sites (tertiary alicyclic amines) is 1. The molecule has 0 radical (unpaired) electrons. The van der Waals surface area contributed by atoms with Crippen molar-refractivity contribution in [3.05, 3.63) is 35.7 Å². The Balaban J connectivity index is 1.52. The van der Waals surface area contributed by atoms with E-state index in [0.29, 0.717) is 36.8 Å². The number of carboxylic acid groups (broad SMARTS) is 1. The molecule has 7 nitrogen and oxygen atoms in total. The van der Waals surface area contributed by atoms with Gasteiger partial charge in [-0.1, -0.05) is 5.16 Å². The SMILES string of the molecule is O=C(O)[C@@H]1CCCN1C(=O)c1ccc(-c2nc(C3CC3)no2)cc1. The molecule has 1 saturated heterocycles. The normalized spacial score (nSPS) is 20.3. The highest BCUT2D eigenvalue weighted by atomic mass is 16.5. The van der Waals surface area contributed by atoms with Gasteiger partial charge < -0.3 is 14.5 Å². The van der Waals surface area contributed by atoms with Crippen molar-refractivity contribution in [2.24, 2.45) is 0 Å². The van der Waals surface area contributed by atoms with Crippen LogP contribution in [-0.2, 0) is 4.79 Å². The number of hydrogen-bond donors (Lipinski definition) is 1. The molecule has 0 bridgehead atoms. The van der Waals surface area contributed by atoms with Gasteiger partial charge in [-0.2, -0.15) is 4.98 Å². The molecule has 1 aromatic carbocycles. The second-order valence-electron chi connectivity index (χ2n) is 6.30. The Bertz CT molecular complexity index is 779. The first-order valence-corrected chi connectivity index (χ1v) is 8.11. The zero-order valence-electron chi connectivity index (χ0n) is 13.0. The maximum Gasteiger partial charge on any atom is 0.326 e. The summed E-state index contributed by atoms with van der Waals surface area (Å²) in [5.41, 5.74) is 1.22. The van der Waals surface area contributed by atoms with Crippen LogP contribution in [0.4, 0.5) is 0 Å². The first-order valence-electron chi connectivity index (χ1n) is 8.11. The number of amides is 1. The summed E-state index contributed by atoms with van der Waals surface area (Å²) in [5, 5.41) is 13.2. The van der Waals surface area contributed by atoms with E-state index in [0.717, 1.165) is 24.2 Å². The molecule has 124 valence electrons. The monoisotopic (exact) mass is 327 g/mol. The summed E-state index contributed by atoms with van der Waals surface area (Å²) in [7, 11) is 0. The zero-order chi connectivity index (χ0) is 16.7. The third kappa shape index (κ3) is 2.66. The molecule has 1 aliphatic heterocycles. The van der Waals surface area contributed by atoms with Crippen LogP contribution in [0.1, 0.15) is 47.8 Å². The van der Waals surface area contributed by atoms with Crippen LogP contribution in [0.5, 0.6) is 0 Å². The fourth-order valence-electron chi connectivity index (χ4n) is 3.05. The van der Waals surface area contributed by atoms with Crippen molar-refractivity contribution < 1.29 is 19.2 Å². The second kappa shape index (κ2) is 5.74. The van der Waals surface area contributed by atoms with E-state index >= 15 is 0 Å². The fourth-order valence-corrected chi connectivity index (χ4v) is 3.05. The number of aromatic nitrogens is 2. The predicted octanol–water partition coefficient (Wildman–Crippen LogP) is 2.30. The zero-order valence-corrected chi connectivity index (χ0v) is 13.0. The standard InChI is InChI=1S/C17H17N3O4/c21-16(20-9-1-2-13(20)17(22)23)12-7-5-11(6-8-12)15-18-14(19-24-15)10-3-4-10/h5-8,10,13H,1-4,9H2,(H,22,23)/t13-/m0/s1. The lowest BCUT2D eigenvalue weighted by Crippen LogP contribution is -2.40. The Morgan fingerprint density at radius 1 is 1.17 bits per heavy atom. The van der Waals surface area contributed by atoms with E-state index in [-0.39, 0.29) is 5.91 Å². The van der Waals surface area contributed by atoms with Crippen LogP contribution >= 0.6 is 0 Å². The summed E-state index contributed by atoms with van der Waals surface area (Å²) >= 11 is 0. The average Bonchev–Trinajstić information content (AvgIpc) is 3.13. The van der Waals surface area contributed by atoms with Crippen LogP contribution in [0.25, 0.3) is 11.5 Å². The minimum Gasteiger partial charge on any atom is -0.480 e. The molecule has 1 aromatic heterocycles. The average molecular weight is 327 g/mol. The van der Waals surface area contributed by atoms with Crippen LogP contribution in [0, 0.1) is 0 Å². The molecule has 0 unspecified atom stereocenters. The Morgan fingerprint density at radius 3 is 2.58 bits per heavy atom. The lowest BCUT2D eigenvalue weighted by molar-refractivity contribution is -0.141. The molecule has 4 rings (SSSR count). The van der Waals surface area contributed by atoms with Crippen LogP contribution in [0.3, 0.4) is 0 Å². The van der Waals surface area contributed by atoms with Gasteiger partial charge in [-0.25, -0.2) is 4.79 Å². The summed E-state index contributed by atoms with van der Waals surface area (Å²) < 4.78 is 5.27. The van der Waals surface area contributed by atoms with E-state index in [2.05, 4.69) is 10.1 Å². The third-order valence-corrected chi connectivity index (χ3v) is 4.56. The molecule has 1 N–H and O–H groups in total. The van der Waals surface area contributed by atoms with Crippen LogP contribution in [0.15, 0.2) is 28.8 Å². The Morgan fingerprint density at radius 2 is 1.92 bits per heavy atom. The van der Waals surface area contributed by atoms with Crippen LogP contribution < -0.4 is 0 Å². The second-order valence-corrected chi connectivity index (χ2v) is 6.30. The molecule has 2 heterocycles. The first-order chi connectivity index (χ1) is 11.6. The predicted molar refractivity (Wildman–Crippen MR) is 83.4 cm³/mol. The Hall–Kier alpha value is -2.70. The fraction of sp³-hybridized carbons (Fsp3) is 0.412. The van der Waals surface area contributed by atoms with Crippen molar-refractivity contribution in [3.8, 4) is 11.5 Å². The molecular weight excluding hydrogens is 310 g/mol. The molecule has 1 amide bonds. The number of carboxylic acids is 1.